The summed E-state index contributed by atoms with van der Waals surface area (Å²) in [6.45, 7) is 12.9. The fourth-order valence-electron chi connectivity index (χ4n) is 4.16. The molecule has 0 unspecified atom stereocenters. The Morgan fingerprint density at radius 3 is 2.49 bits per heavy atom. The SMILES string of the molecule is C=CC(=C)NCCCC[C@H](NC(=O)Cc1ccccc1)C(=O)N1CCN(c2cccc(C)n2)CC1. The maximum absolute atomic E-state index is 13.4. The number of anilines is 1. The number of pyridine rings is 1. The summed E-state index contributed by atoms with van der Waals surface area (Å²) in [6.07, 6.45) is 4.23. The molecule has 2 N–H and O–H groups in total. The third kappa shape index (κ3) is 8.28. The van der Waals surface area contributed by atoms with E-state index in [9.17, 15) is 9.59 Å². The highest BCUT2D eigenvalue weighted by Gasteiger charge is 2.28. The maximum Gasteiger partial charge on any atom is 0.245 e. The number of aromatic nitrogens is 1. The molecule has 0 bridgehead atoms. The van der Waals surface area contributed by atoms with E-state index in [2.05, 4.69) is 33.7 Å². The average molecular weight is 476 g/mol. The predicted molar refractivity (Wildman–Crippen MR) is 141 cm³/mol. The summed E-state index contributed by atoms with van der Waals surface area (Å²) in [4.78, 5) is 34.9. The molecule has 1 aliphatic heterocycles. The molecule has 7 heteroatoms. The van der Waals surface area contributed by atoms with Crippen molar-refractivity contribution in [2.45, 2.75) is 38.6 Å². The Morgan fingerprint density at radius 2 is 1.80 bits per heavy atom. The predicted octanol–water partition coefficient (Wildman–Crippen LogP) is 3.23. The molecule has 7 nitrogen and oxygen atoms in total. The minimum absolute atomic E-state index is 0.00766. The van der Waals surface area contributed by atoms with E-state index >= 15 is 0 Å². The van der Waals surface area contributed by atoms with Crippen molar-refractivity contribution in [1.29, 1.82) is 0 Å². The average Bonchev–Trinajstić information content (AvgIpc) is 2.88. The summed E-state index contributed by atoms with van der Waals surface area (Å²) in [5, 5.41) is 6.20. The van der Waals surface area contributed by atoms with E-state index in [-0.39, 0.29) is 18.2 Å². The Morgan fingerprint density at radius 1 is 1.06 bits per heavy atom. The number of hydrogen-bond acceptors (Lipinski definition) is 5. The number of carbonyl (C=O) groups excluding carboxylic acids is 2. The van der Waals surface area contributed by atoms with Crippen molar-refractivity contribution in [2.24, 2.45) is 0 Å². The quantitative estimate of drug-likeness (QED) is 0.364. The van der Waals surface area contributed by atoms with Gasteiger partial charge in [0.2, 0.25) is 11.8 Å². The first-order valence-electron chi connectivity index (χ1n) is 12.3. The summed E-state index contributed by atoms with van der Waals surface area (Å²) in [6, 6.07) is 15.1. The first-order chi connectivity index (χ1) is 17.0. The van der Waals surface area contributed by atoms with Crippen LogP contribution in [0.3, 0.4) is 0 Å². The lowest BCUT2D eigenvalue weighted by Gasteiger charge is -2.37. The number of amides is 2. The third-order valence-electron chi connectivity index (χ3n) is 6.15. The Hall–Kier alpha value is -3.61. The van der Waals surface area contributed by atoms with Crippen LogP contribution in [-0.4, -0.2) is 60.5 Å². The molecule has 2 amide bonds. The van der Waals surface area contributed by atoms with Gasteiger partial charge in [-0.3, -0.25) is 9.59 Å². The Balaban J connectivity index is 1.57. The van der Waals surface area contributed by atoms with Gasteiger partial charge in [-0.25, -0.2) is 4.98 Å². The summed E-state index contributed by atoms with van der Waals surface area (Å²) in [7, 11) is 0. The smallest absolute Gasteiger partial charge is 0.245 e. The first-order valence-corrected chi connectivity index (χ1v) is 12.3. The van der Waals surface area contributed by atoms with Crippen LogP contribution in [0.25, 0.3) is 0 Å². The molecule has 1 fully saturated rings. The standard InChI is InChI=1S/C28H37N5O2/c1-4-22(2)29-16-9-8-14-25(31-27(34)21-24-12-6-5-7-13-24)28(35)33-19-17-32(18-20-33)26-15-10-11-23(3)30-26/h4-7,10-13,15,25,29H,1-2,8-9,14,16-21H2,3H3,(H,31,34)/t25-/m0/s1. The van der Waals surface area contributed by atoms with Gasteiger partial charge in [0.25, 0.3) is 0 Å². The number of nitrogens with one attached hydrogen (secondary N) is 2. The third-order valence-corrected chi connectivity index (χ3v) is 6.15. The Labute approximate surface area is 208 Å². The van der Waals surface area contributed by atoms with Crippen LogP contribution in [-0.2, 0) is 16.0 Å². The van der Waals surface area contributed by atoms with Crippen LogP contribution in [0.15, 0.2) is 73.5 Å². The lowest BCUT2D eigenvalue weighted by Crippen LogP contribution is -2.55. The Kier molecular flexibility index (Phi) is 9.90. The minimum atomic E-state index is -0.530. The Bertz CT molecular complexity index is 999. The zero-order valence-corrected chi connectivity index (χ0v) is 20.7. The van der Waals surface area contributed by atoms with Gasteiger partial charge in [0.05, 0.1) is 6.42 Å². The molecule has 1 atom stereocenters. The molecule has 0 spiro atoms. The fraction of sp³-hybridized carbons (Fsp3) is 0.393. The normalized spacial score (nSPS) is 14.2. The number of nitrogens with zero attached hydrogens (tertiary/aromatic N) is 3. The number of rotatable bonds is 12. The zero-order chi connectivity index (χ0) is 25.0. The highest BCUT2D eigenvalue weighted by atomic mass is 16.2. The molecule has 0 radical (unpaired) electrons. The molecule has 0 saturated carbocycles. The van der Waals surface area contributed by atoms with Gasteiger partial charge in [0.1, 0.15) is 11.9 Å². The van der Waals surface area contributed by atoms with Gasteiger partial charge in [-0.2, -0.15) is 0 Å². The second-order valence-electron chi connectivity index (χ2n) is 8.88. The second-order valence-corrected chi connectivity index (χ2v) is 8.88. The second kappa shape index (κ2) is 13.3. The van der Waals surface area contributed by atoms with Gasteiger partial charge >= 0.3 is 0 Å². The molecule has 2 heterocycles. The number of carbonyl (C=O) groups is 2. The van der Waals surface area contributed by atoms with Gasteiger partial charge in [-0.05, 0) is 50.0 Å². The summed E-state index contributed by atoms with van der Waals surface area (Å²) >= 11 is 0. The number of benzene rings is 1. The minimum Gasteiger partial charge on any atom is -0.386 e. The molecule has 3 rings (SSSR count). The van der Waals surface area contributed by atoms with E-state index in [1.165, 1.54) is 0 Å². The van der Waals surface area contributed by atoms with Crippen molar-refractivity contribution in [3.63, 3.8) is 0 Å². The van der Waals surface area contributed by atoms with Crippen molar-refractivity contribution in [3.8, 4) is 0 Å². The molecule has 1 saturated heterocycles. The topological polar surface area (TPSA) is 77.6 Å². The van der Waals surface area contributed by atoms with Crippen molar-refractivity contribution >= 4 is 17.6 Å². The van der Waals surface area contributed by atoms with Gasteiger partial charge in [0, 0.05) is 44.1 Å². The van der Waals surface area contributed by atoms with E-state index in [1.54, 1.807) is 6.08 Å². The zero-order valence-electron chi connectivity index (χ0n) is 20.7. The van der Waals surface area contributed by atoms with Gasteiger partial charge in [0.15, 0.2) is 0 Å². The monoisotopic (exact) mass is 475 g/mol. The van der Waals surface area contributed by atoms with Crippen LogP contribution in [0.5, 0.6) is 0 Å². The van der Waals surface area contributed by atoms with E-state index in [0.29, 0.717) is 19.5 Å². The maximum atomic E-state index is 13.4. The molecular weight excluding hydrogens is 438 g/mol. The van der Waals surface area contributed by atoms with Crippen LogP contribution < -0.4 is 15.5 Å². The molecule has 1 aliphatic rings. The fourth-order valence-corrected chi connectivity index (χ4v) is 4.16. The van der Waals surface area contributed by atoms with Crippen LogP contribution in [0.2, 0.25) is 0 Å². The van der Waals surface area contributed by atoms with E-state index in [1.807, 2.05) is 60.4 Å². The number of allylic oxidation sites excluding steroid dienone is 1. The van der Waals surface area contributed by atoms with Crippen LogP contribution in [0.1, 0.15) is 30.5 Å². The van der Waals surface area contributed by atoms with E-state index < -0.39 is 6.04 Å². The first kappa shape index (κ1) is 26.0. The number of piperazine rings is 1. The van der Waals surface area contributed by atoms with Gasteiger partial charge in [-0.15, -0.1) is 0 Å². The lowest BCUT2D eigenvalue weighted by atomic mass is 10.1. The molecule has 1 aromatic heterocycles. The number of hydrogen-bond donors (Lipinski definition) is 2. The van der Waals surface area contributed by atoms with Crippen molar-refractivity contribution in [1.82, 2.24) is 20.5 Å². The van der Waals surface area contributed by atoms with Crippen molar-refractivity contribution in [2.75, 3.05) is 37.6 Å². The van der Waals surface area contributed by atoms with E-state index in [4.69, 9.17) is 0 Å². The van der Waals surface area contributed by atoms with Gasteiger partial charge < -0.3 is 20.4 Å². The largest absolute Gasteiger partial charge is 0.386 e. The van der Waals surface area contributed by atoms with Gasteiger partial charge in [-0.1, -0.05) is 49.6 Å². The van der Waals surface area contributed by atoms with Crippen molar-refractivity contribution in [3.05, 3.63) is 84.7 Å². The highest BCUT2D eigenvalue weighted by Crippen LogP contribution is 2.16. The molecule has 1 aromatic carbocycles. The molecule has 35 heavy (non-hydrogen) atoms. The summed E-state index contributed by atoms with van der Waals surface area (Å²) in [5.74, 6) is 0.806. The van der Waals surface area contributed by atoms with Crippen LogP contribution >= 0.6 is 0 Å². The molecule has 0 aliphatic carbocycles. The molecule has 2 aromatic rings. The van der Waals surface area contributed by atoms with Crippen LogP contribution in [0.4, 0.5) is 5.82 Å². The number of aryl methyl sites for hydroxylation is 1. The summed E-state index contributed by atoms with van der Waals surface area (Å²) in [5.41, 5.74) is 2.70. The van der Waals surface area contributed by atoms with E-state index in [0.717, 1.165) is 55.2 Å². The highest BCUT2D eigenvalue weighted by molar-refractivity contribution is 5.88. The van der Waals surface area contributed by atoms with Crippen molar-refractivity contribution < 1.29 is 9.59 Å². The van der Waals surface area contributed by atoms with Crippen LogP contribution in [0, 0.1) is 6.92 Å². The molecular formula is C28H37N5O2. The lowest BCUT2D eigenvalue weighted by molar-refractivity contribution is -0.136. The summed E-state index contributed by atoms with van der Waals surface area (Å²) < 4.78 is 0. The molecule has 186 valence electrons. The number of unbranched alkanes of at least 4 members (excludes halogenated alkanes) is 1.